The van der Waals surface area contributed by atoms with Crippen molar-refractivity contribution in [3.63, 3.8) is 0 Å². The molecule has 0 aliphatic rings. The van der Waals surface area contributed by atoms with Crippen LogP contribution in [-0.4, -0.2) is 42.7 Å². The van der Waals surface area contributed by atoms with Gasteiger partial charge in [-0.25, -0.2) is 4.79 Å². The van der Waals surface area contributed by atoms with Crippen molar-refractivity contribution >= 4 is 17.3 Å². The largest absolute Gasteiger partial charge is 0.478 e. The number of nitrogens with zero attached hydrogens (tertiary/aromatic N) is 1. The zero-order chi connectivity index (χ0) is 13.7. The number of anilines is 2. The first-order chi connectivity index (χ1) is 8.41. The summed E-state index contributed by atoms with van der Waals surface area (Å²) in [6.07, 6.45) is 0.962. The van der Waals surface area contributed by atoms with Crippen molar-refractivity contribution < 1.29 is 9.90 Å². The predicted octanol–water partition coefficient (Wildman–Crippen LogP) is 1.72. The van der Waals surface area contributed by atoms with Gasteiger partial charge in [0.15, 0.2) is 0 Å². The highest BCUT2D eigenvalue weighted by molar-refractivity contribution is 5.97. The summed E-state index contributed by atoms with van der Waals surface area (Å²) in [6.45, 7) is 3.02. The number of hydrogen-bond donors (Lipinski definition) is 3. The van der Waals surface area contributed by atoms with Crippen LogP contribution in [0.4, 0.5) is 11.4 Å². The normalized spacial score (nSPS) is 12.4. The van der Waals surface area contributed by atoms with Crippen molar-refractivity contribution in [1.29, 1.82) is 0 Å². The van der Waals surface area contributed by atoms with Crippen LogP contribution in [0.2, 0.25) is 0 Å². The first-order valence-electron chi connectivity index (χ1n) is 5.95. The van der Waals surface area contributed by atoms with Gasteiger partial charge >= 0.3 is 5.97 Å². The minimum atomic E-state index is -1.00. The minimum absolute atomic E-state index is 0.139. The van der Waals surface area contributed by atoms with E-state index < -0.39 is 5.97 Å². The summed E-state index contributed by atoms with van der Waals surface area (Å²) in [5.74, 6) is -1.00. The van der Waals surface area contributed by atoms with Gasteiger partial charge in [0, 0.05) is 6.04 Å². The molecule has 0 fully saturated rings. The van der Waals surface area contributed by atoms with Crippen molar-refractivity contribution in [2.24, 2.45) is 0 Å². The Morgan fingerprint density at radius 2 is 2.17 bits per heavy atom. The number of para-hydroxylation sites is 1. The Hall–Kier alpha value is -1.75. The molecule has 0 amide bonds. The highest BCUT2D eigenvalue weighted by Gasteiger charge is 2.12. The quantitative estimate of drug-likeness (QED) is 0.671. The maximum absolute atomic E-state index is 11.0. The number of aromatic carboxylic acids is 1. The fraction of sp³-hybridized carbons (Fsp3) is 0.462. The fourth-order valence-electron chi connectivity index (χ4n) is 1.67. The van der Waals surface area contributed by atoms with Crippen LogP contribution in [0.5, 0.6) is 0 Å². The lowest BCUT2D eigenvalue weighted by atomic mass is 10.1. The van der Waals surface area contributed by atoms with Crippen LogP contribution in [0, 0.1) is 0 Å². The molecule has 1 unspecified atom stereocenters. The van der Waals surface area contributed by atoms with E-state index in [2.05, 4.69) is 17.1 Å². The molecular weight excluding hydrogens is 230 g/mol. The number of benzene rings is 1. The topological polar surface area (TPSA) is 78.6 Å². The number of nitrogen functional groups attached to an aromatic ring is 1. The third kappa shape index (κ3) is 3.92. The number of carboxylic acid groups (broad SMARTS) is 1. The van der Waals surface area contributed by atoms with Gasteiger partial charge in [0.25, 0.3) is 0 Å². The average Bonchev–Trinajstić information content (AvgIpc) is 2.29. The Balaban J connectivity index is 2.73. The maximum atomic E-state index is 11.0. The second-order valence-electron chi connectivity index (χ2n) is 4.71. The van der Waals surface area contributed by atoms with Gasteiger partial charge < -0.3 is 21.1 Å². The third-order valence-electron chi connectivity index (χ3n) is 2.75. The van der Waals surface area contributed by atoms with Crippen molar-refractivity contribution in [2.75, 3.05) is 31.7 Å². The van der Waals surface area contributed by atoms with E-state index in [1.165, 1.54) is 6.07 Å². The molecule has 18 heavy (non-hydrogen) atoms. The Labute approximate surface area is 108 Å². The van der Waals surface area contributed by atoms with Crippen molar-refractivity contribution in [2.45, 2.75) is 19.4 Å². The predicted molar refractivity (Wildman–Crippen MR) is 74.1 cm³/mol. The molecule has 5 nitrogen and oxygen atoms in total. The molecule has 0 aliphatic heterocycles. The number of nitrogens with two attached hydrogens (primary N) is 1. The van der Waals surface area contributed by atoms with Gasteiger partial charge in [0.05, 0.1) is 16.9 Å². The highest BCUT2D eigenvalue weighted by Crippen LogP contribution is 2.23. The SMILES string of the molecule is CC(CCN(C)C)Nc1cccc(C(=O)O)c1N. The second-order valence-corrected chi connectivity index (χ2v) is 4.71. The van der Waals surface area contributed by atoms with Crippen molar-refractivity contribution in [1.82, 2.24) is 4.90 Å². The summed E-state index contributed by atoms with van der Waals surface area (Å²) < 4.78 is 0. The molecule has 0 saturated carbocycles. The van der Waals surface area contributed by atoms with Crippen LogP contribution >= 0.6 is 0 Å². The van der Waals surface area contributed by atoms with Crippen LogP contribution in [0.15, 0.2) is 18.2 Å². The fourth-order valence-corrected chi connectivity index (χ4v) is 1.67. The highest BCUT2D eigenvalue weighted by atomic mass is 16.4. The van der Waals surface area contributed by atoms with Crippen LogP contribution in [-0.2, 0) is 0 Å². The summed E-state index contributed by atoms with van der Waals surface area (Å²) in [5, 5.41) is 12.2. The van der Waals surface area contributed by atoms with E-state index in [1.807, 2.05) is 14.1 Å². The lowest BCUT2D eigenvalue weighted by Crippen LogP contribution is -2.23. The molecular formula is C13H21N3O2. The molecule has 1 atom stereocenters. The smallest absolute Gasteiger partial charge is 0.337 e. The Morgan fingerprint density at radius 1 is 1.50 bits per heavy atom. The van der Waals surface area contributed by atoms with E-state index in [0.29, 0.717) is 11.4 Å². The lowest BCUT2D eigenvalue weighted by molar-refractivity contribution is 0.0698. The monoisotopic (exact) mass is 251 g/mol. The summed E-state index contributed by atoms with van der Waals surface area (Å²) in [5.41, 5.74) is 6.95. The van der Waals surface area contributed by atoms with Gasteiger partial charge in [-0.2, -0.15) is 0 Å². The van der Waals surface area contributed by atoms with Gasteiger partial charge in [-0.15, -0.1) is 0 Å². The molecule has 0 aliphatic carbocycles. The molecule has 0 heterocycles. The number of nitrogens with one attached hydrogen (secondary N) is 1. The molecule has 0 bridgehead atoms. The number of hydrogen-bond acceptors (Lipinski definition) is 4. The van der Waals surface area contributed by atoms with E-state index in [9.17, 15) is 4.79 Å². The van der Waals surface area contributed by atoms with E-state index in [-0.39, 0.29) is 11.6 Å². The standard InChI is InChI=1S/C13H21N3O2/c1-9(7-8-16(2)3)15-11-6-4-5-10(12(11)14)13(17)18/h4-6,9,15H,7-8,14H2,1-3H3,(H,17,18). The molecule has 5 heteroatoms. The first-order valence-corrected chi connectivity index (χ1v) is 5.95. The summed E-state index contributed by atoms with van der Waals surface area (Å²) >= 11 is 0. The van der Waals surface area contributed by atoms with Crippen LogP contribution in [0.3, 0.4) is 0 Å². The van der Waals surface area contributed by atoms with Crippen LogP contribution in [0.1, 0.15) is 23.7 Å². The molecule has 1 aromatic rings. The Kier molecular flexibility index (Phi) is 4.97. The average molecular weight is 251 g/mol. The molecule has 0 radical (unpaired) electrons. The summed E-state index contributed by atoms with van der Waals surface area (Å²) in [4.78, 5) is 13.1. The van der Waals surface area contributed by atoms with Gasteiger partial charge in [0.1, 0.15) is 0 Å². The van der Waals surface area contributed by atoms with E-state index >= 15 is 0 Å². The van der Waals surface area contributed by atoms with E-state index in [4.69, 9.17) is 10.8 Å². The Bertz CT molecular complexity index is 419. The molecule has 0 aromatic heterocycles. The maximum Gasteiger partial charge on any atom is 0.337 e. The van der Waals surface area contributed by atoms with Crippen molar-refractivity contribution in [3.05, 3.63) is 23.8 Å². The molecule has 0 saturated heterocycles. The van der Waals surface area contributed by atoms with Gasteiger partial charge in [0.2, 0.25) is 0 Å². The second kappa shape index (κ2) is 6.26. The first kappa shape index (κ1) is 14.3. The number of rotatable bonds is 6. The molecule has 4 N–H and O–H groups in total. The molecule has 1 aromatic carbocycles. The molecule has 100 valence electrons. The Morgan fingerprint density at radius 3 is 2.72 bits per heavy atom. The van der Waals surface area contributed by atoms with Gasteiger partial charge in [-0.3, -0.25) is 0 Å². The molecule has 1 rings (SSSR count). The summed E-state index contributed by atoms with van der Waals surface area (Å²) in [7, 11) is 4.04. The lowest BCUT2D eigenvalue weighted by Gasteiger charge is -2.19. The van der Waals surface area contributed by atoms with Gasteiger partial charge in [-0.05, 0) is 46.1 Å². The van der Waals surface area contributed by atoms with Gasteiger partial charge in [-0.1, -0.05) is 6.07 Å². The van der Waals surface area contributed by atoms with Crippen molar-refractivity contribution in [3.8, 4) is 0 Å². The summed E-state index contributed by atoms with van der Waals surface area (Å²) in [6, 6.07) is 5.24. The third-order valence-corrected chi connectivity index (χ3v) is 2.75. The van der Waals surface area contributed by atoms with E-state index in [0.717, 1.165) is 13.0 Å². The number of carboxylic acids is 1. The van der Waals surface area contributed by atoms with E-state index in [1.54, 1.807) is 12.1 Å². The number of carbonyl (C=O) groups is 1. The molecule has 0 spiro atoms. The zero-order valence-corrected chi connectivity index (χ0v) is 11.1. The van der Waals surface area contributed by atoms with Crippen LogP contribution in [0.25, 0.3) is 0 Å². The zero-order valence-electron chi connectivity index (χ0n) is 11.1. The van der Waals surface area contributed by atoms with Crippen LogP contribution < -0.4 is 11.1 Å². The minimum Gasteiger partial charge on any atom is -0.478 e.